The van der Waals surface area contributed by atoms with E-state index < -0.39 is 0 Å². The second-order valence-corrected chi connectivity index (χ2v) is 7.55. The van der Waals surface area contributed by atoms with Crippen LogP contribution in [0.2, 0.25) is 0 Å². The fourth-order valence-corrected chi connectivity index (χ4v) is 3.17. The van der Waals surface area contributed by atoms with Gasteiger partial charge in [-0.25, -0.2) is 4.98 Å². The predicted molar refractivity (Wildman–Crippen MR) is 116 cm³/mol. The van der Waals surface area contributed by atoms with Crippen LogP contribution in [0.5, 0.6) is 0 Å². The van der Waals surface area contributed by atoms with E-state index in [2.05, 4.69) is 31.1 Å². The molecule has 3 rings (SSSR count). The molecule has 0 aliphatic heterocycles. The number of hydrogen-bond donors (Lipinski definition) is 1. The number of amides is 2. The van der Waals surface area contributed by atoms with E-state index in [1.165, 1.54) is 5.56 Å². The molecule has 2 heterocycles. The Kier molecular flexibility index (Phi) is 6.32. The molecule has 0 unspecified atom stereocenters. The van der Waals surface area contributed by atoms with Crippen molar-refractivity contribution >= 4 is 23.0 Å². The van der Waals surface area contributed by atoms with Crippen LogP contribution >= 0.6 is 0 Å². The molecule has 0 saturated heterocycles. The summed E-state index contributed by atoms with van der Waals surface area (Å²) in [6.45, 7) is 6.99. The predicted octanol–water partition coefficient (Wildman–Crippen LogP) is 4.58. The Balaban J connectivity index is 1.89. The number of benzene rings is 1. The molecule has 2 aromatic heterocycles. The van der Waals surface area contributed by atoms with Crippen LogP contribution in [0, 0.1) is 0 Å². The summed E-state index contributed by atoms with van der Waals surface area (Å²) in [7, 11) is 1.77. The highest BCUT2D eigenvalue weighted by molar-refractivity contribution is 6.06. The van der Waals surface area contributed by atoms with Gasteiger partial charge >= 0.3 is 0 Å². The second kappa shape index (κ2) is 8.90. The van der Waals surface area contributed by atoms with Gasteiger partial charge in [-0.15, -0.1) is 0 Å². The summed E-state index contributed by atoms with van der Waals surface area (Å²) in [5.41, 5.74) is 2.82. The summed E-state index contributed by atoms with van der Waals surface area (Å²) in [5.74, 6) is 0.0938. The van der Waals surface area contributed by atoms with Gasteiger partial charge in [0.2, 0.25) is 5.82 Å². The molecule has 0 bridgehead atoms. The van der Waals surface area contributed by atoms with Crippen molar-refractivity contribution in [3.05, 3.63) is 65.7 Å². The molecule has 0 aliphatic carbocycles. The lowest BCUT2D eigenvalue weighted by atomic mass is 10.0. The first-order valence-corrected chi connectivity index (χ1v) is 10.1. The maximum absolute atomic E-state index is 12.9. The molecule has 0 radical (unpaired) electrons. The lowest BCUT2D eigenvalue weighted by molar-refractivity contribution is 0.0790. The summed E-state index contributed by atoms with van der Waals surface area (Å²) in [6.07, 6.45) is 3.68. The first-order valence-electron chi connectivity index (χ1n) is 10.1. The Morgan fingerprint density at radius 2 is 1.86 bits per heavy atom. The van der Waals surface area contributed by atoms with Crippen LogP contribution in [0.15, 0.2) is 48.7 Å². The Labute approximate surface area is 171 Å². The Hall–Kier alpha value is -3.15. The Morgan fingerprint density at radius 3 is 2.52 bits per heavy atom. The molecular formula is C23H28N4O2. The Morgan fingerprint density at radius 1 is 1.14 bits per heavy atom. The van der Waals surface area contributed by atoms with E-state index >= 15 is 0 Å². The number of carbonyl (C=O) groups excluding carboxylic acids is 2. The summed E-state index contributed by atoms with van der Waals surface area (Å²) < 4.78 is 1.67. The average molecular weight is 393 g/mol. The van der Waals surface area contributed by atoms with Gasteiger partial charge in [-0.05, 0) is 42.2 Å². The van der Waals surface area contributed by atoms with E-state index in [1.807, 2.05) is 42.5 Å². The molecule has 2 amide bonds. The van der Waals surface area contributed by atoms with Crippen molar-refractivity contribution in [2.24, 2.45) is 0 Å². The van der Waals surface area contributed by atoms with Crippen molar-refractivity contribution in [1.29, 1.82) is 0 Å². The van der Waals surface area contributed by atoms with E-state index in [0.717, 1.165) is 12.8 Å². The van der Waals surface area contributed by atoms with Crippen LogP contribution in [0.3, 0.4) is 0 Å². The number of rotatable bonds is 7. The molecule has 0 aliphatic rings. The molecule has 0 fully saturated rings. The first kappa shape index (κ1) is 20.6. The number of fused-ring (bicyclic) bond motifs is 1. The van der Waals surface area contributed by atoms with Crippen LogP contribution in [0.25, 0.3) is 5.52 Å². The molecule has 6 nitrogen and oxygen atoms in total. The van der Waals surface area contributed by atoms with E-state index in [4.69, 9.17) is 0 Å². The van der Waals surface area contributed by atoms with Gasteiger partial charge in [0.25, 0.3) is 11.8 Å². The topological polar surface area (TPSA) is 66.7 Å². The molecule has 0 saturated carbocycles. The minimum atomic E-state index is -0.348. The minimum absolute atomic E-state index is 0.178. The molecule has 1 aromatic carbocycles. The molecule has 1 N–H and O–H groups in total. The van der Waals surface area contributed by atoms with Gasteiger partial charge in [-0.2, -0.15) is 0 Å². The fraction of sp³-hybridized carbons (Fsp3) is 0.348. The van der Waals surface area contributed by atoms with Crippen molar-refractivity contribution in [3.63, 3.8) is 0 Å². The zero-order valence-electron chi connectivity index (χ0n) is 17.5. The largest absolute Gasteiger partial charge is 0.340 e. The summed E-state index contributed by atoms with van der Waals surface area (Å²) in [5, 5.41) is 2.89. The highest BCUT2D eigenvalue weighted by Gasteiger charge is 2.23. The van der Waals surface area contributed by atoms with Gasteiger partial charge in [-0.3, -0.25) is 14.0 Å². The van der Waals surface area contributed by atoms with Crippen LogP contribution in [0.1, 0.15) is 66.2 Å². The van der Waals surface area contributed by atoms with Crippen LogP contribution in [-0.4, -0.2) is 39.7 Å². The number of carbonyl (C=O) groups is 2. The number of aromatic nitrogens is 2. The van der Waals surface area contributed by atoms with Gasteiger partial charge < -0.3 is 10.2 Å². The molecule has 0 atom stereocenters. The quantitative estimate of drug-likeness (QED) is 0.640. The van der Waals surface area contributed by atoms with Crippen molar-refractivity contribution in [2.75, 3.05) is 18.9 Å². The normalized spacial score (nSPS) is 11.1. The summed E-state index contributed by atoms with van der Waals surface area (Å²) in [4.78, 5) is 31.9. The first-order chi connectivity index (χ1) is 13.9. The van der Waals surface area contributed by atoms with Gasteiger partial charge in [0.1, 0.15) is 0 Å². The lowest BCUT2D eigenvalue weighted by Gasteiger charge is -2.15. The lowest BCUT2D eigenvalue weighted by Crippen LogP contribution is -2.28. The van der Waals surface area contributed by atoms with E-state index in [-0.39, 0.29) is 17.6 Å². The third-order valence-corrected chi connectivity index (χ3v) is 4.98. The van der Waals surface area contributed by atoms with E-state index in [0.29, 0.717) is 29.4 Å². The highest BCUT2D eigenvalue weighted by Crippen LogP contribution is 2.19. The van der Waals surface area contributed by atoms with Gasteiger partial charge in [0, 0.05) is 25.5 Å². The number of hydrogen-bond acceptors (Lipinski definition) is 3. The standard InChI is InChI=1S/C23H28N4O2/c1-5-6-14-26(4)23(29)20-19-9-7-8-15-27(19)21(25-20)22(28)24-18-12-10-17(11-13-18)16(2)3/h7-13,15-16H,5-6,14H2,1-4H3,(H,24,28). The number of anilines is 1. The SMILES string of the molecule is CCCCN(C)C(=O)c1nc(C(=O)Nc2ccc(C(C)C)cc2)n2ccccc12. The maximum Gasteiger partial charge on any atom is 0.292 e. The maximum atomic E-state index is 12.9. The number of pyridine rings is 1. The summed E-state index contributed by atoms with van der Waals surface area (Å²) >= 11 is 0. The average Bonchev–Trinajstić information content (AvgIpc) is 3.11. The number of nitrogens with one attached hydrogen (secondary N) is 1. The zero-order valence-corrected chi connectivity index (χ0v) is 17.5. The van der Waals surface area contributed by atoms with Crippen molar-refractivity contribution in [3.8, 4) is 0 Å². The van der Waals surface area contributed by atoms with Gasteiger partial charge in [-0.1, -0.05) is 45.4 Å². The van der Waals surface area contributed by atoms with Crippen LogP contribution < -0.4 is 5.32 Å². The number of nitrogens with zero attached hydrogens (tertiary/aromatic N) is 3. The zero-order chi connectivity index (χ0) is 21.0. The Bertz CT molecular complexity index is 1010. The molecule has 0 spiro atoms. The second-order valence-electron chi connectivity index (χ2n) is 7.55. The van der Waals surface area contributed by atoms with E-state index in [1.54, 1.807) is 22.5 Å². The monoisotopic (exact) mass is 392 g/mol. The molecule has 152 valence electrons. The third kappa shape index (κ3) is 4.47. The third-order valence-electron chi connectivity index (χ3n) is 4.98. The summed E-state index contributed by atoms with van der Waals surface area (Å²) in [6, 6.07) is 13.2. The number of imidazole rings is 1. The fourth-order valence-electron chi connectivity index (χ4n) is 3.17. The highest BCUT2D eigenvalue weighted by atomic mass is 16.2. The van der Waals surface area contributed by atoms with Crippen molar-refractivity contribution < 1.29 is 9.59 Å². The molecular weight excluding hydrogens is 364 g/mol. The van der Waals surface area contributed by atoms with E-state index in [9.17, 15) is 9.59 Å². The van der Waals surface area contributed by atoms with Gasteiger partial charge in [0.15, 0.2) is 5.69 Å². The van der Waals surface area contributed by atoms with Crippen molar-refractivity contribution in [1.82, 2.24) is 14.3 Å². The molecule has 6 heteroatoms. The van der Waals surface area contributed by atoms with Crippen LogP contribution in [0.4, 0.5) is 5.69 Å². The molecule has 29 heavy (non-hydrogen) atoms. The van der Waals surface area contributed by atoms with Crippen molar-refractivity contribution in [2.45, 2.75) is 39.5 Å². The smallest absolute Gasteiger partial charge is 0.292 e. The van der Waals surface area contributed by atoms with Crippen LogP contribution in [-0.2, 0) is 0 Å². The van der Waals surface area contributed by atoms with Gasteiger partial charge in [0.05, 0.1) is 5.52 Å². The molecule has 3 aromatic rings. The number of unbranched alkanes of at least 4 members (excludes halogenated alkanes) is 1. The minimum Gasteiger partial charge on any atom is -0.340 e.